The average Bonchev–Trinajstić information content (AvgIpc) is 2.67. The van der Waals surface area contributed by atoms with Crippen LogP contribution in [-0.4, -0.2) is 4.98 Å². The van der Waals surface area contributed by atoms with Crippen LogP contribution in [0, 0.1) is 18.3 Å². The summed E-state index contributed by atoms with van der Waals surface area (Å²) in [6.45, 7) is 2.11. The minimum Gasteiger partial charge on any atom is -0.357 e. The van der Waals surface area contributed by atoms with Crippen LogP contribution in [0.3, 0.4) is 0 Å². The zero-order chi connectivity index (χ0) is 11.1. The molecule has 1 atom stereocenters. The minimum atomic E-state index is 0.0662. The van der Waals surface area contributed by atoms with Crippen molar-refractivity contribution in [2.45, 2.75) is 32.1 Å². The van der Waals surface area contributed by atoms with Crippen LogP contribution in [0.25, 0.3) is 10.9 Å². The second-order valence-corrected chi connectivity index (χ2v) is 4.64. The number of nitrogens with zero attached hydrogens (tertiary/aromatic N) is 1. The molecule has 0 bridgehead atoms. The van der Waals surface area contributed by atoms with Crippen LogP contribution < -0.4 is 0 Å². The Bertz CT molecular complexity index is 587. The molecule has 2 heteroatoms. The van der Waals surface area contributed by atoms with E-state index in [2.05, 4.69) is 36.2 Å². The van der Waals surface area contributed by atoms with E-state index in [1.807, 2.05) is 0 Å². The van der Waals surface area contributed by atoms with E-state index in [-0.39, 0.29) is 5.92 Å². The van der Waals surface area contributed by atoms with Gasteiger partial charge >= 0.3 is 0 Å². The second-order valence-electron chi connectivity index (χ2n) is 4.64. The second kappa shape index (κ2) is 3.38. The predicted octanol–water partition coefficient (Wildman–Crippen LogP) is 3.42. The van der Waals surface area contributed by atoms with Gasteiger partial charge in [0.1, 0.15) is 0 Å². The van der Waals surface area contributed by atoms with Gasteiger partial charge in [-0.05, 0) is 43.9 Å². The molecule has 1 aliphatic carbocycles. The van der Waals surface area contributed by atoms with E-state index in [0.29, 0.717) is 0 Å². The van der Waals surface area contributed by atoms with Crippen LogP contribution in [0.2, 0.25) is 0 Å². The molecule has 3 rings (SSSR count). The molecule has 0 aliphatic heterocycles. The van der Waals surface area contributed by atoms with Gasteiger partial charge in [0.15, 0.2) is 0 Å². The highest BCUT2D eigenvalue weighted by Gasteiger charge is 2.23. The van der Waals surface area contributed by atoms with Crippen molar-refractivity contribution in [2.75, 3.05) is 0 Å². The third-order valence-electron chi connectivity index (χ3n) is 3.52. The zero-order valence-electron chi connectivity index (χ0n) is 9.38. The molecule has 0 amide bonds. The number of nitriles is 1. The molecule has 0 unspecified atom stereocenters. The van der Waals surface area contributed by atoms with Crippen LogP contribution in [0.1, 0.15) is 35.6 Å². The minimum absolute atomic E-state index is 0.0662. The number of aryl methyl sites for hydroxylation is 2. The Balaban J connectivity index is 2.30. The normalized spacial score (nSPS) is 19.4. The van der Waals surface area contributed by atoms with Gasteiger partial charge in [-0.2, -0.15) is 5.26 Å². The first kappa shape index (κ1) is 9.47. The van der Waals surface area contributed by atoms with Crippen molar-refractivity contribution in [3.8, 4) is 6.07 Å². The summed E-state index contributed by atoms with van der Waals surface area (Å²) in [4.78, 5) is 3.42. The lowest BCUT2D eigenvalue weighted by Crippen LogP contribution is -2.06. The summed E-state index contributed by atoms with van der Waals surface area (Å²) in [5.41, 5.74) is 5.00. The maximum absolute atomic E-state index is 9.15. The van der Waals surface area contributed by atoms with Gasteiger partial charge in [0.25, 0.3) is 0 Å². The van der Waals surface area contributed by atoms with Gasteiger partial charge < -0.3 is 4.98 Å². The van der Waals surface area contributed by atoms with Crippen molar-refractivity contribution in [2.24, 2.45) is 0 Å². The highest BCUT2D eigenvalue weighted by Crippen LogP contribution is 2.35. The van der Waals surface area contributed by atoms with Crippen LogP contribution in [0.5, 0.6) is 0 Å². The third-order valence-corrected chi connectivity index (χ3v) is 3.52. The number of benzene rings is 1. The molecule has 0 radical (unpaired) electrons. The first-order valence-electron chi connectivity index (χ1n) is 5.80. The van der Waals surface area contributed by atoms with Gasteiger partial charge in [0, 0.05) is 16.6 Å². The first-order valence-corrected chi connectivity index (χ1v) is 5.80. The monoisotopic (exact) mass is 210 g/mol. The van der Waals surface area contributed by atoms with Crippen molar-refractivity contribution in [3.63, 3.8) is 0 Å². The fraction of sp³-hybridized carbons (Fsp3) is 0.357. The molecule has 1 N–H and O–H groups in total. The Hall–Kier alpha value is -1.75. The Morgan fingerprint density at radius 2 is 2.31 bits per heavy atom. The van der Waals surface area contributed by atoms with Gasteiger partial charge in [0.05, 0.1) is 12.0 Å². The summed E-state index contributed by atoms with van der Waals surface area (Å²) in [6, 6.07) is 8.87. The molecule has 0 fully saturated rings. The Labute approximate surface area is 94.9 Å². The largest absolute Gasteiger partial charge is 0.357 e. The Morgan fingerprint density at radius 1 is 1.44 bits per heavy atom. The van der Waals surface area contributed by atoms with Gasteiger partial charge in [-0.3, -0.25) is 0 Å². The molecule has 1 aromatic carbocycles. The summed E-state index contributed by atoms with van der Waals surface area (Å²) in [5, 5.41) is 10.5. The van der Waals surface area contributed by atoms with Gasteiger partial charge in [-0.25, -0.2) is 0 Å². The third kappa shape index (κ3) is 1.25. The maximum Gasteiger partial charge on any atom is 0.0865 e. The van der Waals surface area contributed by atoms with E-state index in [9.17, 15) is 0 Å². The van der Waals surface area contributed by atoms with Gasteiger partial charge in [0.2, 0.25) is 0 Å². The summed E-state index contributed by atoms with van der Waals surface area (Å²) in [7, 11) is 0. The molecule has 16 heavy (non-hydrogen) atoms. The van der Waals surface area contributed by atoms with Crippen molar-refractivity contribution in [1.29, 1.82) is 5.26 Å². The molecule has 0 saturated heterocycles. The number of nitrogens with one attached hydrogen (secondary N) is 1. The molecule has 2 nitrogen and oxygen atoms in total. The number of hydrogen-bond acceptors (Lipinski definition) is 1. The topological polar surface area (TPSA) is 39.6 Å². The number of aromatic nitrogens is 1. The van der Waals surface area contributed by atoms with Gasteiger partial charge in [-0.15, -0.1) is 0 Å². The molecule has 1 aliphatic rings. The lowest BCUT2D eigenvalue weighted by atomic mass is 9.87. The fourth-order valence-corrected chi connectivity index (χ4v) is 2.71. The molecular weight excluding hydrogens is 196 g/mol. The quantitative estimate of drug-likeness (QED) is 0.711. The summed E-state index contributed by atoms with van der Waals surface area (Å²) in [5.74, 6) is 0.0662. The average molecular weight is 210 g/mol. The fourth-order valence-electron chi connectivity index (χ4n) is 2.71. The SMILES string of the molecule is Cc1ccc2[nH]c3c(c2c1)CCC[C@@H]3C#N. The first-order chi connectivity index (χ1) is 7.79. The number of hydrogen-bond donors (Lipinski definition) is 1. The van der Waals surface area contributed by atoms with Crippen LogP contribution in [0.4, 0.5) is 0 Å². The zero-order valence-corrected chi connectivity index (χ0v) is 9.38. The van der Waals surface area contributed by atoms with Gasteiger partial charge in [-0.1, -0.05) is 11.6 Å². The van der Waals surface area contributed by atoms with Crippen molar-refractivity contribution in [1.82, 2.24) is 4.98 Å². The highest BCUT2D eigenvalue weighted by molar-refractivity contribution is 5.86. The lowest BCUT2D eigenvalue weighted by Gasteiger charge is -2.16. The van der Waals surface area contributed by atoms with Crippen molar-refractivity contribution in [3.05, 3.63) is 35.0 Å². The number of fused-ring (bicyclic) bond motifs is 3. The molecule has 0 spiro atoms. The summed E-state index contributed by atoms with van der Waals surface area (Å²) < 4.78 is 0. The van der Waals surface area contributed by atoms with E-state index in [4.69, 9.17) is 5.26 Å². The Kier molecular flexibility index (Phi) is 2.00. The standard InChI is InChI=1S/C14H14N2/c1-9-5-6-13-12(7-9)11-4-2-3-10(8-15)14(11)16-13/h5-7,10,16H,2-4H2,1H3/t10-/m1/s1. The molecular formula is C14H14N2. The number of H-pyrrole nitrogens is 1. The van der Waals surface area contributed by atoms with E-state index in [1.54, 1.807) is 0 Å². The van der Waals surface area contributed by atoms with Crippen molar-refractivity contribution < 1.29 is 0 Å². The smallest absolute Gasteiger partial charge is 0.0865 e. The molecule has 1 aromatic heterocycles. The van der Waals surface area contributed by atoms with Crippen LogP contribution >= 0.6 is 0 Å². The predicted molar refractivity (Wildman–Crippen MR) is 64.3 cm³/mol. The maximum atomic E-state index is 9.15. The molecule has 0 saturated carbocycles. The van der Waals surface area contributed by atoms with E-state index >= 15 is 0 Å². The number of rotatable bonds is 0. The summed E-state index contributed by atoms with van der Waals surface area (Å²) in [6.07, 6.45) is 3.23. The Morgan fingerprint density at radius 3 is 3.12 bits per heavy atom. The highest BCUT2D eigenvalue weighted by atomic mass is 14.7. The van der Waals surface area contributed by atoms with E-state index < -0.39 is 0 Å². The van der Waals surface area contributed by atoms with Crippen LogP contribution in [0.15, 0.2) is 18.2 Å². The van der Waals surface area contributed by atoms with Crippen LogP contribution in [-0.2, 0) is 6.42 Å². The molecule has 80 valence electrons. The molecule has 2 aromatic rings. The van der Waals surface area contributed by atoms with Crippen molar-refractivity contribution >= 4 is 10.9 Å². The number of aromatic amines is 1. The lowest BCUT2D eigenvalue weighted by molar-refractivity contribution is 0.629. The van der Waals surface area contributed by atoms with E-state index in [1.165, 1.54) is 22.0 Å². The summed E-state index contributed by atoms with van der Waals surface area (Å²) >= 11 is 0. The molecule has 1 heterocycles. The van der Waals surface area contributed by atoms with E-state index in [0.717, 1.165) is 25.0 Å².